The molecule has 6 aliphatic heterocycles. The summed E-state index contributed by atoms with van der Waals surface area (Å²) in [4.78, 5) is 109. The van der Waals surface area contributed by atoms with E-state index in [-0.39, 0.29) is 86.7 Å². The SMILES string of the molecule is CCCCCCNC(C(=O)N[C@@H]1Cc2c[nH]c3cc(ccc23)-c2cc3cc(c2O)Oc2ccc(cc2)C[C@H]2C(=O)N[C@@H](C(=O)O)c4ccc(O)c(c4)Oc4ccc(cc4)[C@@H](NC(=O)[C@@H]3NC(=O)[C@@H](c3ccc(O)cc3)NC1=O)C(=O)N2C)c1ccc(O)cc1. The van der Waals surface area contributed by atoms with Gasteiger partial charge in [0.2, 0.25) is 35.4 Å². The third-order valence-corrected chi connectivity index (χ3v) is 16.3. The molecule has 7 heterocycles. The van der Waals surface area contributed by atoms with Gasteiger partial charge in [0.1, 0.15) is 59.2 Å². The molecule has 6 aliphatic rings. The number of amides is 6. The van der Waals surface area contributed by atoms with Crippen molar-refractivity contribution in [3.05, 3.63) is 191 Å². The van der Waals surface area contributed by atoms with Gasteiger partial charge in [-0.05, 0) is 136 Å². The number of phenols is 4. The van der Waals surface area contributed by atoms with Gasteiger partial charge < -0.3 is 76.8 Å². The number of aromatic hydroxyl groups is 4. The molecule has 6 amide bonds. The number of unbranched alkanes of at least 4 members (excludes halogenated alkanes) is 3. The number of fused-ring (bicyclic) bond motifs is 14. The number of hydrogen-bond donors (Lipinski definition) is 12. The maximum absolute atomic E-state index is 15.8. The molecule has 7 aromatic carbocycles. The molecule has 1 unspecified atom stereocenters. The molecule has 22 heteroatoms. The van der Waals surface area contributed by atoms with Crippen molar-refractivity contribution < 1.29 is 68.6 Å². The third-order valence-electron chi connectivity index (χ3n) is 16.3. The van der Waals surface area contributed by atoms with Crippen LogP contribution in [-0.2, 0) is 46.4 Å². The van der Waals surface area contributed by atoms with Crippen LogP contribution < -0.4 is 41.4 Å². The number of hydrogen-bond acceptors (Lipinski definition) is 14. The average molecular weight is 1210 g/mol. The number of aromatic nitrogens is 1. The number of ether oxygens (including phenoxy) is 2. The van der Waals surface area contributed by atoms with E-state index in [0.717, 1.165) is 30.6 Å². The molecule has 0 fully saturated rings. The highest BCUT2D eigenvalue weighted by atomic mass is 16.5. The van der Waals surface area contributed by atoms with Crippen LogP contribution >= 0.6 is 0 Å². The van der Waals surface area contributed by atoms with Gasteiger partial charge in [0, 0.05) is 42.6 Å². The van der Waals surface area contributed by atoms with E-state index in [1.807, 2.05) is 0 Å². The van der Waals surface area contributed by atoms with Gasteiger partial charge in [-0.1, -0.05) is 92.9 Å². The largest absolute Gasteiger partial charge is 0.508 e. The van der Waals surface area contributed by atoms with Crippen LogP contribution in [-0.4, -0.2) is 103 Å². The van der Waals surface area contributed by atoms with E-state index in [4.69, 9.17) is 9.47 Å². The molecular weight excluding hydrogens is 1140 g/mol. The van der Waals surface area contributed by atoms with E-state index >= 15 is 19.2 Å². The molecule has 1 aromatic heterocycles. The lowest BCUT2D eigenvalue weighted by Crippen LogP contribution is -2.55. The summed E-state index contributed by atoms with van der Waals surface area (Å²) in [5.74, 6) is -7.72. The number of phenolic OH excluding ortho intramolecular Hbond substituents is 4. The molecule has 8 aromatic rings. The first kappa shape index (κ1) is 59.8. The van der Waals surface area contributed by atoms with Crippen LogP contribution in [0.2, 0.25) is 0 Å². The Balaban J connectivity index is 1.06. The normalized spacial score (nSPS) is 19.8. The Bertz CT molecular complexity index is 4020. The zero-order valence-corrected chi connectivity index (χ0v) is 48.3. The molecule has 89 heavy (non-hydrogen) atoms. The number of carboxylic acids is 1. The molecular formula is C67H64N8O14. The van der Waals surface area contributed by atoms with E-state index in [9.17, 15) is 39.9 Å². The van der Waals surface area contributed by atoms with E-state index in [2.05, 4.69) is 43.8 Å². The first-order valence-electron chi connectivity index (χ1n) is 29.1. The smallest absolute Gasteiger partial charge is 0.330 e. The van der Waals surface area contributed by atoms with Crippen molar-refractivity contribution in [2.75, 3.05) is 13.6 Å². The number of likely N-dealkylation sites (N-methyl/N-ethyl adjacent to an activating group) is 1. The highest BCUT2D eigenvalue weighted by Crippen LogP contribution is 2.44. The highest BCUT2D eigenvalue weighted by molar-refractivity contribution is 6.00. The van der Waals surface area contributed by atoms with Crippen LogP contribution in [0.15, 0.2) is 152 Å². The first-order chi connectivity index (χ1) is 42.9. The number of benzene rings is 7. The predicted molar refractivity (Wildman–Crippen MR) is 325 cm³/mol. The lowest BCUT2D eigenvalue weighted by molar-refractivity contribution is -0.145. The number of nitrogens with one attached hydrogen (secondary N) is 7. The van der Waals surface area contributed by atoms with Crippen molar-refractivity contribution in [2.24, 2.45) is 0 Å². The average Bonchev–Trinajstić information content (AvgIpc) is 2.82. The molecule has 0 saturated heterocycles. The van der Waals surface area contributed by atoms with Gasteiger partial charge in [-0.25, -0.2) is 4.79 Å². The minimum atomic E-state index is -1.85. The number of aliphatic carboxylic acids is 1. The second-order valence-electron chi connectivity index (χ2n) is 22.3. The van der Waals surface area contributed by atoms with Crippen LogP contribution in [0, 0.1) is 0 Å². The second kappa shape index (κ2) is 25.6. The molecule has 12 N–H and O–H groups in total. The zero-order valence-electron chi connectivity index (χ0n) is 48.3. The van der Waals surface area contributed by atoms with Crippen molar-refractivity contribution in [2.45, 2.75) is 87.7 Å². The minimum absolute atomic E-state index is 0.00895. The summed E-state index contributed by atoms with van der Waals surface area (Å²) < 4.78 is 12.5. The van der Waals surface area contributed by atoms with Crippen LogP contribution in [0.1, 0.15) is 102 Å². The van der Waals surface area contributed by atoms with Crippen LogP contribution in [0.3, 0.4) is 0 Å². The van der Waals surface area contributed by atoms with Crippen molar-refractivity contribution in [3.8, 4) is 57.1 Å². The Labute approximate surface area is 509 Å². The van der Waals surface area contributed by atoms with Crippen molar-refractivity contribution >= 4 is 52.3 Å². The van der Waals surface area contributed by atoms with Gasteiger partial charge in [-0.2, -0.15) is 0 Å². The lowest BCUT2D eigenvalue weighted by Gasteiger charge is -2.33. The van der Waals surface area contributed by atoms with Crippen LogP contribution in [0.25, 0.3) is 22.0 Å². The lowest BCUT2D eigenvalue weighted by atomic mass is 9.94. The maximum Gasteiger partial charge on any atom is 0.330 e. The zero-order chi connectivity index (χ0) is 62.6. The van der Waals surface area contributed by atoms with Gasteiger partial charge in [0.25, 0.3) is 0 Å². The number of carboxylic acid groups (broad SMARTS) is 1. The van der Waals surface area contributed by atoms with E-state index < -0.39 is 83.7 Å². The summed E-state index contributed by atoms with van der Waals surface area (Å²) >= 11 is 0. The summed E-state index contributed by atoms with van der Waals surface area (Å²) in [6.45, 7) is 2.53. The Hall–Kier alpha value is -10.9. The number of nitrogens with zero attached hydrogens (tertiary/aromatic N) is 1. The molecule has 0 aliphatic carbocycles. The second-order valence-corrected chi connectivity index (χ2v) is 22.3. The fourth-order valence-corrected chi connectivity index (χ4v) is 11.4. The monoisotopic (exact) mass is 1200 g/mol. The third kappa shape index (κ3) is 13.0. The summed E-state index contributed by atoms with van der Waals surface area (Å²) in [6.07, 6.45) is 4.97. The van der Waals surface area contributed by atoms with E-state index in [1.54, 1.807) is 60.8 Å². The molecule has 22 nitrogen and oxygen atoms in total. The molecule has 15 bridgehead atoms. The summed E-state index contributed by atoms with van der Waals surface area (Å²) in [5.41, 5.74) is 2.94. The Kier molecular flexibility index (Phi) is 17.2. The topological polar surface area (TPSA) is 330 Å². The summed E-state index contributed by atoms with van der Waals surface area (Å²) in [6, 6.07) is 24.7. The number of carbonyl (C=O) groups excluding carboxylic acids is 6. The summed E-state index contributed by atoms with van der Waals surface area (Å²) in [7, 11) is 1.33. The van der Waals surface area contributed by atoms with E-state index in [1.165, 1.54) is 98.0 Å². The van der Waals surface area contributed by atoms with Crippen molar-refractivity contribution in [1.82, 2.24) is 41.8 Å². The Morgan fingerprint density at radius 2 is 1.22 bits per heavy atom. The van der Waals surface area contributed by atoms with Gasteiger partial charge in [0.05, 0.1) is 0 Å². The minimum Gasteiger partial charge on any atom is -0.508 e. The summed E-state index contributed by atoms with van der Waals surface area (Å²) in [5, 5.41) is 72.5. The first-order valence-corrected chi connectivity index (χ1v) is 29.1. The number of carbonyl (C=O) groups is 7. The fraction of sp³-hybridized carbons (Fsp3) is 0.239. The highest BCUT2D eigenvalue weighted by Gasteiger charge is 2.40. The molecule has 14 rings (SSSR count). The quantitative estimate of drug-likeness (QED) is 0.0552. The van der Waals surface area contributed by atoms with Crippen molar-refractivity contribution in [1.29, 1.82) is 0 Å². The standard InChI is InChI=1S/C67H64N8O14/c1-3-4-5-6-27-68-55(36-9-17-43(76)18-10-36)63(82)70-50-31-42-34-69-49-30-39(15-25-47(42)49)48-29-41-33-54(60(48)79)89-45-21-7-35(8-22-45)28-51-62(81)74-59(67(86)87)40-16-26-52(78)53(32-40)88-46-23-13-38(14-24-46)58(66(85)75(51)2)73-65(84)57(41)72-64(83)56(71-61(50)80)37-11-19-44(77)20-12-37/h7-26,29-30,32-34,50-51,55-59,68-69,76-79H,3-6,27-28,31H2,1-2H3,(H,70,82)(H,71,80)(H,72,83)(H,73,84)(H,74,81)(H,86,87)/t50-,51+,55?,56-,57-,58-,59-/m1/s1. The molecule has 7 atom stereocenters. The Morgan fingerprint density at radius 3 is 1.92 bits per heavy atom. The van der Waals surface area contributed by atoms with Gasteiger partial charge in [-0.3, -0.25) is 28.8 Å². The molecule has 456 valence electrons. The van der Waals surface area contributed by atoms with E-state index in [0.29, 0.717) is 39.7 Å². The fourth-order valence-electron chi connectivity index (χ4n) is 11.4. The van der Waals surface area contributed by atoms with Crippen LogP contribution in [0.5, 0.6) is 46.0 Å². The predicted octanol–water partition coefficient (Wildman–Crippen LogP) is 7.70. The van der Waals surface area contributed by atoms with Crippen molar-refractivity contribution in [3.63, 3.8) is 0 Å². The number of aromatic amines is 1. The van der Waals surface area contributed by atoms with Gasteiger partial charge >= 0.3 is 5.97 Å². The number of rotatable bonds is 11. The molecule has 0 radical (unpaired) electrons. The number of H-pyrrole nitrogens is 1. The van der Waals surface area contributed by atoms with Crippen LogP contribution in [0.4, 0.5) is 0 Å². The molecule has 0 spiro atoms. The van der Waals surface area contributed by atoms with Gasteiger partial charge in [-0.15, -0.1) is 0 Å². The maximum atomic E-state index is 15.8. The molecule has 0 saturated carbocycles. The van der Waals surface area contributed by atoms with Gasteiger partial charge in [0.15, 0.2) is 29.0 Å². The Morgan fingerprint density at radius 1 is 0.618 bits per heavy atom.